The third-order valence-electron chi connectivity index (χ3n) is 2.04. The maximum absolute atomic E-state index is 11.6. The van der Waals surface area contributed by atoms with Crippen LogP contribution in [0.2, 0.25) is 0 Å². The lowest BCUT2D eigenvalue weighted by Gasteiger charge is -2.26. The molecule has 1 heterocycles. The number of nitrogens with zero attached hydrogens (tertiary/aromatic N) is 1. The smallest absolute Gasteiger partial charge is 0.279 e. The molecule has 1 fully saturated rings. The van der Waals surface area contributed by atoms with Crippen molar-refractivity contribution in [1.29, 1.82) is 0 Å². The summed E-state index contributed by atoms with van der Waals surface area (Å²) in [4.78, 5) is 0. The molecule has 0 amide bonds. The zero-order chi connectivity index (χ0) is 10.4. The molecule has 1 saturated heterocycles. The van der Waals surface area contributed by atoms with Crippen LogP contribution in [0.1, 0.15) is 6.42 Å². The van der Waals surface area contributed by atoms with Gasteiger partial charge in [0.05, 0.1) is 0 Å². The van der Waals surface area contributed by atoms with E-state index in [1.165, 1.54) is 4.31 Å². The van der Waals surface area contributed by atoms with Crippen molar-refractivity contribution in [3.8, 4) is 0 Å². The fourth-order valence-corrected chi connectivity index (χ4v) is 2.50. The molecule has 0 aromatic carbocycles. The minimum atomic E-state index is -3.32. The number of hydrogen-bond acceptors (Lipinski definition) is 4. The van der Waals surface area contributed by atoms with E-state index in [9.17, 15) is 8.42 Å². The van der Waals surface area contributed by atoms with Gasteiger partial charge in [0.1, 0.15) is 0 Å². The molecule has 0 atom stereocenters. The lowest BCUT2D eigenvalue weighted by atomic mass is 10.4. The second-order valence-corrected chi connectivity index (χ2v) is 4.88. The zero-order valence-electron chi connectivity index (χ0n) is 8.07. The van der Waals surface area contributed by atoms with Crippen molar-refractivity contribution in [3.63, 3.8) is 0 Å². The SMILES string of the molecule is O=S(=O)(NCCCO)N1CCNCC1. The monoisotopic (exact) mass is 223 g/mol. The summed E-state index contributed by atoms with van der Waals surface area (Å²) in [6.45, 7) is 2.71. The lowest BCUT2D eigenvalue weighted by Crippen LogP contribution is -2.50. The van der Waals surface area contributed by atoms with E-state index in [-0.39, 0.29) is 6.61 Å². The fourth-order valence-electron chi connectivity index (χ4n) is 1.26. The number of piperazine rings is 1. The van der Waals surface area contributed by atoms with Crippen LogP contribution in [0.4, 0.5) is 0 Å². The number of aliphatic hydroxyl groups is 1. The van der Waals surface area contributed by atoms with Crippen LogP contribution in [0.3, 0.4) is 0 Å². The third kappa shape index (κ3) is 3.50. The van der Waals surface area contributed by atoms with E-state index in [0.717, 1.165) is 0 Å². The summed E-state index contributed by atoms with van der Waals surface area (Å²) < 4.78 is 27.0. The molecular formula is C7H17N3O3S. The van der Waals surface area contributed by atoms with E-state index in [1.807, 2.05) is 0 Å². The third-order valence-corrected chi connectivity index (χ3v) is 3.65. The summed E-state index contributed by atoms with van der Waals surface area (Å²) in [6.07, 6.45) is 0.450. The maximum atomic E-state index is 11.6. The Morgan fingerprint density at radius 2 is 2.00 bits per heavy atom. The Balaban J connectivity index is 2.38. The second kappa shape index (κ2) is 5.62. The average molecular weight is 223 g/mol. The van der Waals surface area contributed by atoms with Gasteiger partial charge in [-0.25, -0.2) is 4.72 Å². The number of rotatable bonds is 5. The summed E-state index contributed by atoms with van der Waals surface area (Å²) in [5.74, 6) is 0. The highest BCUT2D eigenvalue weighted by Crippen LogP contribution is 1.99. The van der Waals surface area contributed by atoms with Crippen LogP contribution in [0.5, 0.6) is 0 Å². The second-order valence-electron chi connectivity index (χ2n) is 3.13. The molecule has 0 aromatic heterocycles. The van der Waals surface area contributed by atoms with Crippen LogP contribution >= 0.6 is 0 Å². The number of hydrogen-bond donors (Lipinski definition) is 3. The van der Waals surface area contributed by atoms with Crippen molar-refractivity contribution in [2.24, 2.45) is 0 Å². The number of aliphatic hydroxyl groups excluding tert-OH is 1. The van der Waals surface area contributed by atoms with Crippen molar-refractivity contribution in [3.05, 3.63) is 0 Å². The predicted octanol–water partition coefficient (Wildman–Crippen LogP) is -1.89. The van der Waals surface area contributed by atoms with Gasteiger partial charge in [-0.05, 0) is 6.42 Å². The largest absolute Gasteiger partial charge is 0.396 e. The molecular weight excluding hydrogens is 206 g/mol. The van der Waals surface area contributed by atoms with Gasteiger partial charge in [-0.15, -0.1) is 0 Å². The molecule has 7 heteroatoms. The minimum Gasteiger partial charge on any atom is -0.396 e. The summed E-state index contributed by atoms with van der Waals surface area (Å²) in [5, 5.41) is 11.6. The predicted molar refractivity (Wildman–Crippen MR) is 53.1 cm³/mol. The Hall–Kier alpha value is -0.210. The van der Waals surface area contributed by atoms with Gasteiger partial charge < -0.3 is 10.4 Å². The van der Waals surface area contributed by atoms with Gasteiger partial charge in [-0.1, -0.05) is 0 Å². The van der Waals surface area contributed by atoms with Crippen molar-refractivity contribution in [2.45, 2.75) is 6.42 Å². The molecule has 0 bridgehead atoms. The summed E-state index contributed by atoms with van der Waals surface area (Å²) in [6, 6.07) is 0. The van der Waals surface area contributed by atoms with Crippen molar-refractivity contribution in [1.82, 2.24) is 14.3 Å². The Labute approximate surface area is 84.5 Å². The van der Waals surface area contributed by atoms with E-state index in [0.29, 0.717) is 39.1 Å². The first kappa shape index (κ1) is 11.9. The van der Waals surface area contributed by atoms with Crippen LogP contribution in [0.15, 0.2) is 0 Å². The summed E-state index contributed by atoms with van der Waals surface area (Å²) in [7, 11) is -3.32. The van der Waals surface area contributed by atoms with Gasteiger partial charge in [-0.2, -0.15) is 12.7 Å². The molecule has 0 spiro atoms. The highest BCUT2D eigenvalue weighted by atomic mass is 32.2. The Bertz CT molecular complexity index is 249. The van der Waals surface area contributed by atoms with E-state index in [4.69, 9.17) is 5.11 Å². The molecule has 1 aliphatic rings. The van der Waals surface area contributed by atoms with E-state index in [1.54, 1.807) is 0 Å². The van der Waals surface area contributed by atoms with Gasteiger partial charge >= 0.3 is 0 Å². The van der Waals surface area contributed by atoms with Crippen LogP contribution in [-0.4, -0.2) is 57.2 Å². The topological polar surface area (TPSA) is 81.7 Å². The highest BCUT2D eigenvalue weighted by Gasteiger charge is 2.22. The maximum Gasteiger partial charge on any atom is 0.279 e. The highest BCUT2D eigenvalue weighted by molar-refractivity contribution is 7.87. The van der Waals surface area contributed by atoms with Crippen LogP contribution in [0, 0.1) is 0 Å². The quantitative estimate of drug-likeness (QED) is 0.476. The van der Waals surface area contributed by atoms with Gasteiger partial charge in [0, 0.05) is 39.3 Å². The van der Waals surface area contributed by atoms with E-state index >= 15 is 0 Å². The molecule has 0 saturated carbocycles. The van der Waals surface area contributed by atoms with E-state index in [2.05, 4.69) is 10.0 Å². The number of nitrogens with one attached hydrogen (secondary N) is 2. The van der Waals surface area contributed by atoms with Gasteiger partial charge in [0.2, 0.25) is 0 Å². The average Bonchev–Trinajstić information content (AvgIpc) is 2.19. The van der Waals surface area contributed by atoms with Crippen LogP contribution < -0.4 is 10.0 Å². The van der Waals surface area contributed by atoms with Crippen molar-refractivity contribution in [2.75, 3.05) is 39.3 Å². The minimum absolute atomic E-state index is 0.00404. The molecule has 1 aliphatic heterocycles. The van der Waals surface area contributed by atoms with Crippen LogP contribution in [0.25, 0.3) is 0 Å². The molecule has 3 N–H and O–H groups in total. The molecule has 6 nitrogen and oxygen atoms in total. The molecule has 14 heavy (non-hydrogen) atoms. The first-order valence-electron chi connectivity index (χ1n) is 4.73. The Morgan fingerprint density at radius 3 is 2.57 bits per heavy atom. The van der Waals surface area contributed by atoms with Crippen molar-refractivity contribution >= 4 is 10.2 Å². The molecule has 84 valence electrons. The lowest BCUT2D eigenvalue weighted by molar-refractivity contribution is 0.288. The summed E-state index contributed by atoms with van der Waals surface area (Å²) >= 11 is 0. The van der Waals surface area contributed by atoms with Gasteiger partial charge in [0.15, 0.2) is 0 Å². The first-order chi connectivity index (χ1) is 6.67. The molecule has 0 radical (unpaired) electrons. The Morgan fingerprint density at radius 1 is 1.36 bits per heavy atom. The Kier molecular flexibility index (Phi) is 4.76. The normalized spacial score (nSPS) is 19.8. The summed E-state index contributed by atoms with van der Waals surface area (Å²) in [5.41, 5.74) is 0. The standard InChI is InChI=1S/C7H17N3O3S/c11-7-1-2-9-14(12,13)10-5-3-8-4-6-10/h8-9,11H,1-7H2. The molecule has 0 aromatic rings. The molecule has 0 aliphatic carbocycles. The van der Waals surface area contributed by atoms with Gasteiger partial charge in [0.25, 0.3) is 10.2 Å². The van der Waals surface area contributed by atoms with Gasteiger partial charge in [-0.3, -0.25) is 0 Å². The zero-order valence-corrected chi connectivity index (χ0v) is 8.89. The fraction of sp³-hybridized carbons (Fsp3) is 1.00. The van der Waals surface area contributed by atoms with Crippen molar-refractivity contribution < 1.29 is 13.5 Å². The van der Waals surface area contributed by atoms with Crippen LogP contribution in [-0.2, 0) is 10.2 Å². The molecule has 1 rings (SSSR count). The van der Waals surface area contributed by atoms with E-state index < -0.39 is 10.2 Å². The first-order valence-corrected chi connectivity index (χ1v) is 6.17. The molecule has 0 unspecified atom stereocenters.